The number of hydrogen-bond donors (Lipinski definition) is 1. The van der Waals surface area contributed by atoms with E-state index in [1.54, 1.807) is 0 Å². The minimum atomic E-state index is 0.433. The summed E-state index contributed by atoms with van der Waals surface area (Å²) >= 11 is 0. The summed E-state index contributed by atoms with van der Waals surface area (Å²) in [4.78, 5) is 2.59. The second-order valence-corrected chi connectivity index (χ2v) is 7.56. The molecule has 0 unspecified atom stereocenters. The molecule has 2 aliphatic rings. The largest absolute Gasteiger partial charge is 0.313 e. The van der Waals surface area contributed by atoms with E-state index in [2.05, 4.69) is 70.9 Å². The van der Waals surface area contributed by atoms with Crippen molar-refractivity contribution in [1.29, 1.82) is 0 Å². The van der Waals surface area contributed by atoms with Crippen molar-refractivity contribution in [3.63, 3.8) is 0 Å². The van der Waals surface area contributed by atoms with Crippen LogP contribution in [0.5, 0.6) is 0 Å². The van der Waals surface area contributed by atoms with Gasteiger partial charge < -0.3 is 5.32 Å². The molecule has 1 saturated carbocycles. The van der Waals surface area contributed by atoms with Crippen molar-refractivity contribution in [2.45, 2.75) is 43.7 Å². The summed E-state index contributed by atoms with van der Waals surface area (Å²) in [5.41, 5.74) is 3.39. The number of rotatable bonds is 6. The van der Waals surface area contributed by atoms with Crippen LogP contribution in [-0.4, -0.2) is 30.6 Å². The topological polar surface area (TPSA) is 15.3 Å². The first-order valence-electron chi connectivity index (χ1n) is 9.39. The molecule has 0 aromatic heterocycles. The van der Waals surface area contributed by atoms with Crippen LogP contribution in [0.2, 0.25) is 0 Å². The molecular formula is C22H28N2. The van der Waals surface area contributed by atoms with Gasteiger partial charge in [-0.05, 0) is 49.9 Å². The Labute approximate surface area is 145 Å². The minimum Gasteiger partial charge on any atom is -0.313 e. The number of piperidine rings is 1. The van der Waals surface area contributed by atoms with E-state index >= 15 is 0 Å². The van der Waals surface area contributed by atoms with E-state index in [4.69, 9.17) is 0 Å². The molecule has 2 fully saturated rings. The number of benzene rings is 2. The van der Waals surface area contributed by atoms with Crippen molar-refractivity contribution in [1.82, 2.24) is 10.2 Å². The Kier molecular flexibility index (Phi) is 4.68. The van der Waals surface area contributed by atoms with E-state index < -0.39 is 0 Å². The van der Waals surface area contributed by atoms with Gasteiger partial charge in [0.25, 0.3) is 0 Å². The van der Waals surface area contributed by atoms with Crippen LogP contribution in [0.15, 0.2) is 60.7 Å². The van der Waals surface area contributed by atoms with Crippen LogP contribution >= 0.6 is 0 Å². The molecule has 1 heterocycles. The van der Waals surface area contributed by atoms with Crippen molar-refractivity contribution in [2.75, 3.05) is 19.6 Å². The molecule has 0 amide bonds. The van der Waals surface area contributed by atoms with Crippen LogP contribution in [0.4, 0.5) is 0 Å². The van der Waals surface area contributed by atoms with Crippen molar-refractivity contribution < 1.29 is 0 Å². The maximum absolute atomic E-state index is 3.88. The van der Waals surface area contributed by atoms with E-state index in [0.717, 1.165) is 13.1 Å². The molecule has 2 aromatic carbocycles. The third-order valence-electron chi connectivity index (χ3n) is 5.81. The standard InChI is InChI=1S/C22H28N2/c1-3-7-19(8-4-1)17-24-15-11-21(12-16-24)23-18-22(13-14-22)20-9-5-2-6-10-20/h1-10,21,23H,11-18H2. The Morgan fingerprint density at radius 3 is 2.12 bits per heavy atom. The lowest BCUT2D eigenvalue weighted by Gasteiger charge is -2.33. The fourth-order valence-electron chi connectivity index (χ4n) is 3.99. The fourth-order valence-corrected chi connectivity index (χ4v) is 3.99. The average molecular weight is 320 g/mol. The molecule has 1 N–H and O–H groups in total. The van der Waals surface area contributed by atoms with Crippen LogP contribution in [0.25, 0.3) is 0 Å². The van der Waals surface area contributed by atoms with E-state index in [1.165, 1.54) is 49.9 Å². The van der Waals surface area contributed by atoms with Gasteiger partial charge in [0.2, 0.25) is 0 Å². The summed E-state index contributed by atoms with van der Waals surface area (Å²) in [6.45, 7) is 4.68. The van der Waals surface area contributed by atoms with Gasteiger partial charge in [0.05, 0.1) is 0 Å². The van der Waals surface area contributed by atoms with Gasteiger partial charge in [0.15, 0.2) is 0 Å². The average Bonchev–Trinajstić information content (AvgIpc) is 3.44. The second kappa shape index (κ2) is 7.08. The van der Waals surface area contributed by atoms with Gasteiger partial charge >= 0.3 is 0 Å². The van der Waals surface area contributed by atoms with E-state index in [-0.39, 0.29) is 0 Å². The normalized spacial score (nSPS) is 20.8. The lowest BCUT2D eigenvalue weighted by atomic mass is 9.95. The van der Waals surface area contributed by atoms with Crippen LogP contribution in [0.1, 0.15) is 36.8 Å². The Hall–Kier alpha value is -1.64. The molecule has 2 nitrogen and oxygen atoms in total. The van der Waals surface area contributed by atoms with Gasteiger partial charge in [-0.2, -0.15) is 0 Å². The summed E-state index contributed by atoms with van der Waals surface area (Å²) < 4.78 is 0. The second-order valence-electron chi connectivity index (χ2n) is 7.56. The third kappa shape index (κ3) is 3.71. The van der Waals surface area contributed by atoms with E-state index in [0.29, 0.717) is 11.5 Å². The van der Waals surface area contributed by atoms with Gasteiger partial charge in [-0.3, -0.25) is 4.90 Å². The highest BCUT2D eigenvalue weighted by molar-refractivity contribution is 5.31. The maximum atomic E-state index is 3.88. The van der Waals surface area contributed by atoms with E-state index in [1.807, 2.05) is 0 Å². The van der Waals surface area contributed by atoms with Crippen molar-refractivity contribution in [3.8, 4) is 0 Å². The van der Waals surface area contributed by atoms with Crippen LogP contribution in [0.3, 0.4) is 0 Å². The highest BCUT2D eigenvalue weighted by atomic mass is 15.1. The molecule has 1 saturated heterocycles. The lowest BCUT2D eigenvalue weighted by Crippen LogP contribution is -2.44. The van der Waals surface area contributed by atoms with Gasteiger partial charge in [-0.15, -0.1) is 0 Å². The van der Waals surface area contributed by atoms with Crippen molar-refractivity contribution in [3.05, 3.63) is 71.8 Å². The van der Waals surface area contributed by atoms with E-state index in [9.17, 15) is 0 Å². The maximum Gasteiger partial charge on any atom is 0.0233 e. The molecule has 24 heavy (non-hydrogen) atoms. The molecule has 0 bridgehead atoms. The van der Waals surface area contributed by atoms with Crippen LogP contribution in [0, 0.1) is 0 Å². The van der Waals surface area contributed by atoms with Gasteiger partial charge in [-0.25, -0.2) is 0 Å². The van der Waals surface area contributed by atoms with Gasteiger partial charge in [0.1, 0.15) is 0 Å². The number of hydrogen-bond acceptors (Lipinski definition) is 2. The lowest BCUT2D eigenvalue weighted by molar-refractivity contribution is 0.189. The molecule has 0 spiro atoms. The molecule has 0 radical (unpaired) electrons. The Morgan fingerprint density at radius 2 is 1.50 bits per heavy atom. The van der Waals surface area contributed by atoms with Crippen LogP contribution < -0.4 is 5.32 Å². The van der Waals surface area contributed by atoms with Gasteiger partial charge in [-0.1, -0.05) is 60.7 Å². The molecule has 126 valence electrons. The number of likely N-dealkylation sites (tertiary alicyclic amines) is 1. The fraction of sp³-hybridized carbons (Fsp3) is 0.455. The summed E-state index contributed by atoms with van der Waals surface area (Å²) in [6, 6.07) is 22.6. The Balaban J connectivity index is 1.24. The van der Waals surface area contributed by atoms with Crippen molar-refractivity contribution >= 4 is 0 Å². The molecule has 4 rings (SSSR count). The van der Waals surface area contributed by atoms with Crippen LogP contribution in [-0.2, 0) is 12.0 Å². The molecule has 1 aliphatic heterocycles. The monoisotopic (exact) mass is 320 g/mol. The summed E-state index contributed by atoms with van der Waals surface area (Å²) in [5.74, 6) is 0. The quantitative estimate of drug-likeness (QED) is 0.866. The summed E-state index contributed by atoms with van der Waals surface area (Å²) in [6.07, 6.45) is 5.24. The predicted octanol–water partition coefficient (Wildman–Crippen LogP) is 3.97. The molecule has 2 aromatic rings. The first-order chi connectivity index (χ1) is 11.8. The number of nitrogens with one attached hydrogen (secondary N) is 1. The van der Waals surface area contributed by atoms with Crippen molar-refractivity contribution in [2.24, 2.45) is 0 Å². The number of nitrogens with zero attached hydrogens (tertiary/aromatic N) is 1. The van der Waals surface area contributed by atoms with Gasteiger partial charge in [0, 0.05) is 24.5 Å². The summed E-state index contributed by atoms with van der Waals surface area (Å²) in [5, 5.41) is 3.88. The highest BCUT2D eigenvalue weighted by Crippen LogP contribution is 2.47. The molecular weight excluding hydrogens is 292 g/mol. The third-order valence-corrected chi connectivity index (χ3v) is 5.81. The SMILES string of the molecule is c1ccc(CN2CCC(NCC3(c4ccccc4)CC3)CC2)cc1. The highest BCUT2D eigenvalue weighted by Gasteiger charge is 2.44. The zero-order chi connectivity index (χ0) is 16.2. The Morgan fingerprint density at radius 1 is 0.875 bits per heavy atom. The first kappa shape index (κ1) is 15.9. The zero-order valence-corrected chi connectivity index (χ0v) is 14.5. The molecule has 0 atom stereocenters. The zero-order valence-electron chi connectivity index (χ0n) is 14.5. The Bertz CT molecular complexity index is 626. The summed E-state index contributed by atoms with van der Waals surface area (Å²) in [7, 11) is 0. The first-order valence-corrected chi connectivity index (χ1v) is 9.39. The minimum absolute atomic E-state index is 0.433. The predicted molar refractivity (Wildman–Crippen MR) is 100 cm³/mol. The smallest absolute Gasteiger partial charge is 0.0233 e. The molecule has 1 aliphatic carbocycles. The molecule has 2 heteroatoms.